The molecule has 4 N–H and O–H groups in total. The maximum absolute atomic E-state index is 12.7. The fourth-order valence-corrected chi connectivity index (χ4v) is 4.64. The SMILES string of the molecule is Cl.NC1(C(=O)Nc2cccc(S(=O)(=O)N3CCNC(=O)C3)c2)CCCC1. The second kappa shape index (κ2) is 7.91. The lowest BCUT2D eigenvalue weighted by atomic mass is 9.98. The van der Waals surface area contributed by atoms with Crippen LogP contribution in [0.2, 0.25) is 0 Å². The first-order chi connectivity index (χ1) is 11.8. The van der Waals surface area contributed by atoms with Crippen molar-refractivity contribution in [3.63, 3.8) is 0 Å². The number of piperazine rings is 1. The van der Waals surface area contributed by atoms with Crippen molar-refractivity contribution in [2.75, 3.05) is 25.0 Å². The average molecular weight is 403 g/mol. The molecule has 2 fully saturated rings. The zero-order chi connectivity index (χ0) is 18.1. The minimum Gasteiger partial charge on any atom is -0.354 e. The molecule has 1 aromatic rings. The Morgan fingerprint density at radius 2 is 1.96 bits per heavy atom. The van der Waals surface area contributed by atoms with E-state index in [4.69, 9.17) is 5.73 Å². The highest BCUT2D eigenvalue weighted by atomic mass is 35.5. The summed E-state index contributed by atoms with van der Waals surface area (Å²) >= 11 is 0. The largest absolute Gasteiger partial charge is 0.354 e. The summed E-state index contributed by atoms with van der Waals surface area (Å²) in [5, 5.41) is 5.31. The third-order valence-electron chi connectivity index (χ3n) is 4.68. The van der Waals surface area contributed by atoms with Gasteiger partial charge < -0.3 is 16.4 Å². The van der Waals surface area contributed by atoms with Gasteiger partial charge in [-0.2, -0.15) is 4.31 Å². The first-order valence-corrected chi connectivity index (χ1v) is 9.73. The summed E-state index contributed by atoms with van der Waals surface area (Å²) in [5.41, 5.74) is 5.61. The number of amides is 2. The Hall–Kier alpha value is -1.68. The molecule has 0 spiro atoms. The number of anilines is 1. The molecule has 26 heavy (non-hydrogen) atoms. The van der Waals surface area contributed by atoms with Crippen LogP contribution in [0.25, 0.3) is 0 Å². The lowest BCUT2D eigenvalue weighted by Gasteiger charge is -2.26. The smallest absolute Gasteiger partial charge is 0.244 e. The summed E-state index contributed by atoms with van der Waals surface area (Å²) in [5.74, 6) is -0.623. The lowest BCUT2D eigenvalue weighted by Crippen LogP contribution is -2.49. The molecule has 0 atom stereocenters. The fourth-order valence-electron chi connectivity index (χ4n) is 3.19. The minimum absolute atomic E-state index is 0. The van der Waals surface area contributed by atoms with E-state index in [-0.39, 0.29) is 48.8 Å². The zero-order valence-corrected chi connectivity index (χ0v) is 15.9. The Balaban J connectivity index is 0.00000243. The van der Waals surface area contributed by atoms with Gasteiger partial charge in [0.2, 0.25) is 21.8 Å². The van der Waals surface area contributed by atoms with Crippen molar-refractivity contribution < 1.29 is 18.0 Å². The van der Waals surface area contributed by atoms with Gasteiger partial charge in [0, 0.05) is 18.8 Å². The van der Waals surface area contributed by atoms with E-state index in [2.05, 4.69) is 10.6 Å². The van der Waals surface area contributed by atoms with Crippen LogP contribution in [0.4, 0.5) is 5.69 Å². The molecule has 0 unspecified atom stereocenters. The summed E-state index contributed by atoms with van der Waals surface area (Å²) in [6.45, 7) is 0.297. The fraction of sp³-hybridized carbons (Fsp3) is 0.500. The molecule has 10 heteroatoms. The molecule has 1 saturated carbocycles. The minimum atomic E-state index is -3.80. The molecule has 2 amide bonds. The molecule has 2 aliphatic rings. The topological polar surface area (TPSA) is 122 Å². The van der Waals surface area contributed by atoms with Crippen molar-refractivity contribution in [2.24, 2.45) is 5.73 Å². The van der Waals surface area contributed by atoms with E-state index in [0.29, 0.717) is 18.5 Å². The number of nitrogens with one attached hydrogen (secondary N) is 2. The van der Waals surface area contributed by atoms with Gasteiger partial charge in [-0.25, -0.2) is 8.42 Å². The van der Waals surface area contributed by atoms with Crippen molar-refractivity contribution >= 4 is 39.9 Å². The van der Waals surface area contributed by atoms with Crippen molar-refractivity contribution in [3.8, 4) is 0 Å². The number of carbonyl (C=O) groups is 2. The Morgan fingerprint density at radius 1 is 1.27 bits per heavy atom. The first-order valence-electron chi connectivity index (χ1n) is 8.28. The second-order valence-electron chi connectivity index (χ2n) is 6.53. The molecule has 3 rings (SSSR count). The number of hydrogen-bond donors (Lipinski definition) is 3. The summed E-state index contributed by atoms with van der Waals surface area (Å²) < 4.78 is 26.5. The molecule has 1 aromatic carbocycles. The van der Waals surface area contributed by atoms with E-state index in [9.17, 15) is 18.0 Å². The van der Waals surface area contributed by atoms with Crippen LogP contribution in [-0.2, 0) is 19.6 Å². The van der Waals surface area contributed by atoms with E-state index >= 15 is 0 Å². The molecule has 1 aliphatic heterocycles. The van der Waals surface area contributed by atoms with Gasteiger partial charge in [0.1, 0.15) is 0 Å². The molecule has 1 saturated heterocycles. The Bertz CT molecular complexity index is 793. The van der Waals surface area contributed by atoms with Gasteiger partial charge in [0.05, 0.1) is 17.0 Å². The summed E-state index contributed by atoms with van der Waals surface area (Å²) in [6, 6.07) is 6.03. The van der Waals surface area contributed by atoms with Crippen LogP contribution >= 0.6 is 12.4 Å². The van der Waals surface area contributed by atoms with Gasteiger partial charge in [-0.15, -0.1) is 12.4 Å². The third kappa shape index (κ3) is 4.17. The van der Waals surface area contributed by atoms with Crippen molar-refractivity contribution in [3.05, 3.63) is 24.3 Å². The highest BCUT2D eigenvalue weighted by Gasteiger charge is 2.37. The quantitative estimate of drug-likeness (QED) is 0.674. The van der Waals surface area contributed by atoms with Gasteiger partial charge >= 0.3 is 0 Å². The first kappa shape index (κ1) is 20.6. The van der Waals surface area contributed by atoms with Crippen LogP contribution < -0.4 is 16.4 Å². The number of hydrogen-bond acceptors (Lipinski definition) is 5. The second-order valence-corrected chi connectivity index (χ2v) is 8.47. The molecule has 144 valence electrons. The van der Waals surface area contributed by atoms with Crippen molar-refractivity contribution in [2.45, 2.75) is 36.1 Å². The number of nitrogens with zero attached hydrogens (tertiary/aromatic N) is 1. The van der Waals surface area contributed by atoms with Gasteiger partial charge in [-0.05, 0) is 31.0 Å². The predicted molar refractivity (Wildman–Crippen MR) is 99.5 cm³/mol. The van der Waals surface area contributed by atoms with Crippen LogP contribution in [0, 0.1) is 0 Å². The van der Waals surface area contributed by atoms with Gasteiger partial charge in [0.15, 0.2) is 0 Å². The number of carbonyl (C=O) groups excluding carboxylic acids is 2. The molecule has 1 aliphatic carbocycles. The highest BCUT2D eigenvalue weighted by Crippen LogP contribution is 2.29. The molecule has 0 bridgehead atoms. The summed E-state index contributed by atoms with van der Waals surface area (Å²) in [6.07, 6.45) is 3.07. The monoisotopic (exact) mass is 402 g/mol. The highest BCUT2D eigenvalue weighted by molar-refractivity contribution is 7.89. The van der Waals surface area contributed by atoms with E-state index in [0.717, 1.165) is 17.1 Å². The lowest BCUT2D eigenvalue weighted by molar-refractivity contribution is -0.122. The van der Waals surface area contributed by atoms with Gasteiger partial charge in [0.25, 0.3) is 0 Å². The van der Waals surface area contributed by atoms with Crippen LogP contribution in [0.1, 0.15) is 25.7 Å². The molecule has 0 aromatic heterocycles. The molecule has 0 radical (unpaired) electrons. The number of rotatable bonds is 4. The van der Waals surface area contributed by atoms with E-state index in [1.54, 1.807) is 12.1 Å². The number of halogens is 1. The van der Waals surface area contributed by atoms with Crippen molar-refractivity contribution in [1.29, 1.82) is 0 Å². The average Bonchev–Trinajstić information content (AvgIpc) is 3.03. The van der Waals surface area contributed by atoms with E-state index in [1.165, 1.54) is 12.1 Å². The molecule has 8 nitrogen and oxygen atoms in total. The van der Waals surface area contributed by atoms with E-state index < -0.39 is 15.6 Å². The molecular formula is C16H23ClN4O4S. The van der Waals surface area contributed by atoms with E-state index in [1.807, 2.05) is 0 Å². The summed E-state index contributed by atoms with van der Waals surface area (Å²) in [4.78, 5) is 23.9. The number of nitrogens with two attached hydrogens (primary N) is 1. The number of sulfonamides is 1. The Morgan fingerprint density at radius 3 is 2.62 bits per heavy atom. The zero-order valence-electron chi connectivity index (χ0n) is 14.2. The van der Waals surface area contributed by atoms with Crippen LogP contribution in [0.15, 0.2) is 29.2 Å². The predicted octanol–water partition coefficient (Wildman–Crippen LogP) is 0.439. The molecular weight excluding hydrogens is 380 g/mol. The Labute approximate surface area is 159 Å². The maximum atomic E-state index is 12.7. The standard InChI is InChI=1S/C16H22N4O4S.ClH/c17-16(6-1-2-7-16)15(22)19-12-4-3-5-13(10-12)25(23,24)20-9-8-18-14(21)11-20;/h3-5,10H,1-2,6-9,11,17H2,(H,18,21)(H,19,22);1H. The van der Waals surface area contributed by atoms with Gasteiger partial charge in [-0.3, -0.25) is 9.59 Å². The maximum Gasteiger partial charge on any atom is 0.244 e. The van der Waals surface area contributed by atoms with Crippen LogP contribution in [0.3, 0.4) is 0 Å². The van der Waals surface area contributed by atoms with Crippen molar-refractivity contribution in [1.82, 2.24) is 9.62 Å². The van der Waals surface area contributed by atoms with Crippen LogP contribution in [0.5, 0.6) is 0 Å². The number of benzene rings is 1. The third-order valence-corrected chi connectivity index (χ3v) is 6.52. The Kier molecular flexibility index (Phi) is 6.28. The van der Waals surface area contributed by atoms with Crippen LogP contribution in [-0.4, -0.2) is 49.7 Å². The molecule has 1 heterocycles. The van der Waals surface area contributed by atoms with Gasteiger partial charge in [-0.1, -0.05) is 18.9 Å². The normalized spacial score (nSPS) is 20.1. The summed E-state index contributed by atoms with van der Waals surface area (Å²) in [7, 11) is -3.80.